The van der Waals surface area contributed by atoms with Crippen LogP contribution < -0.4 is 20.7 Å². The molecule has 3 rings (SSSR count). The monoisotopic (exact) mass is 374 g/mol. The van der Waals surface area contributed by atoms with Gasteiger partial charge in [0, 0.05) is 12.3 Å². The fourth-order valence-electron chi connectivity index (χ4n) is 3.22. The molecule has 3 N–H and O–H groups in total. The van der Waals surface area contributed by atoms with Crippen molar-refractivity contribution in [2.45, 2.75) is 37.8 Å². The molecule has 1 aliphatic carbocycles. The van der Waals surface area contributed by atoms with Crippen molar-refractivity contribution in [3.05, 3.63) is 24.3 Å². The van der Waals surface area contributed by atoms with Crippen LogP contribution in [-0.2, 0) is 9.59 Å². The zero-order valence-corrected chi connectivity index (χ0v) is 15.4. The number of anilines is 1. The Bertz CT molecular complexity index is 734. The fraction of sp³-hybridized carbons (Fsp3) is 0.444. The van der Waals surface area contributed by atoms with Crippen molar-refractivity contribution in [1.29, 1.82) is 0 Å². The third-order valence-corrected chi connectivity index (χ3v) is 5.03. The van der Waals surface area contributed by atoms with E-state index in [2.05, 4.69) is 10.3 Å². The van der Waals surface area contributed by atoms with Gasteiger partial charge in [-0.1, -0.05) is 12.8 Å². The van der Waals surface area contributed by atoms with Crippen LogP contribution in [0.1, 0.15) is 25.7 Å². The Hall–Kier alpha value is -2.32. The third kappa shape index (κ3) is 3.76. The average molecular weight is 374 g/mol. The largest absolute Gasteiger partial charge is 0.497 e. The van der Waals surface area contributed by atoms with E-state index in [1.54, 1.807) is 31.4 Å². The fourth-order valence-corrected chi connectivity index (χ4v) is 3.52. The molecule has 2 aliphatic rings. The second-order valence-corrected chi connectivity index (χ2v) is 6.84. The Morgan fingerprint density at radius 2 is 1.96 bits per heavy atom. The van der Waals surface area contributed by atoms with Crippen LogP contribution >= 0.6 is 12.2 Å². The summed E-state index contributed by atoms with van der Waals surface area (Å²) in [7, 11) is 1.56. The molecule has 1 aromatic rings. The molecule has 2 amide bonds. The summed E-state index contributed by atoms with van der Waals surface area (Å²) < 4.78 is 5.13. The van der Waals surface area contributed by atoms with Crippen LogP contribution in [0.4, 0.5) is 5.69 Å². The van der Waals surface area contributed by atoms with Crippen molar-refractivity contribution in [1.82, 2.24) is 5.32 Å². The van der Waals surface area contributed by atoms with Gasteiger partial charge in [0.25, 0.3) is 5.91 Å². The number of aliphatic imine (C=N–C) groups is 1. The maximum atomic E-state index is 12.9. The highest BCUT2D eigenvalue weighted by atomic mass is 32.1. The summed E-state index contributed by atoms with van der Waals surface area (Å²) in [6.45, 7) is 0. The summed E-state index contributed by atoms with van der Waals surface area (Å²) >= 11 is 5.18. The summed E-state index contributed by atoms with van der Waals surface area (Å²) in [6, 6.07) is 6.81. The Labute approximate surface area is 157 Å². The molecule has 0 radical (unpaired) electrons. The summed E-state index contributed by atoms with van der Waals surface area (Å²) in [5.74, 6) is -1.23. The lowest BCUT2D eigenvalue weighted by molar-refractivity contribution is -0.130. The number of carbonyl (C=O) groups excluding carboxylic acids is 2. The van der Waals surface area contributed by atoms with Crippen LogP contribution in [-0.4, -0.2) is 42.3 Å². The maximum Gasteiger partial charge on any atom is 0.251 e. The number of benzene rings is 1. The van der Waals surface area contributed by atoms with E-state index in [4.69, 9.17) is 22.7 Å². The molecule has 0 bridgehead atoms. The van der Waals surface area contributed by atoms with Gasteiger partial charge in [-0.25, -0.2) is 0 Å². The van der Waals surface area contributed by atoms with Crippen LogP contribution in [0.5, 0.6) is 5.75 Å². The van der Waals surface area contributed by atoms with Crippen molar-refractivity contribution in [2.24, 2.45) is 16.6 Å². The molecule has 1 heterocycles. The van der Waals surface area contributed by atoms with Crippen molar-refractivity contribution < 1.29 is 14.3 Å². The molecule has 0 aromatic heterocycles. The Morgan fingerprint density at radius 1 is 1.27 bits per heavy atom. The van der Waals surface area contributed by atoms with E-state index in [-0.39, 0.29) is 17.2 Å². The van der Waals surface area contributed by atoms with Crippen molar-refractivity contribution >= 4 is 41.0 Å². The SMILES string of the molecule is COc1ccc(N2C(=O)[C@H](C=N[C@@H]3CCCC[C@H]3N)C(=O)NC2=S)cc1. The molecule has 7 nitrogen and oxygen atoms in total. The minimum atomic E-state index is -1.02. The highest BCUT2D eigenvalue weighted by Crippen LogP contribution is 2.24. The molecule has 3 atom stereocenters. The van der Waals surface area contributed by atoms with Crippen molar-refractivity contribution in [3.8, 4) is 5.75 Å². The first-order valence-corrected chi connectivity index (χ1v) is 9.04. The van der Waals surface area contributed by atoms with Crippen LogP contribution in [0.3, 0.4) is 0 Å². The Kier molecular flexibility index (Phi) is 5.63. The van der Waals surface area contributed by atoms with Crippen LogP contribution in [0, 0.1) is 5.92 Å². The Morgan fingerprint density at radius 3 is 2.62 bits per heavy atom. The van der Waals surface area contributed by atoms with Crippen LogP contribution in [0.15, 0.2) is 29.3 Å². The van der Waals surface area contributed by atoms with E-state index in [9.17, 15) is 9.59 Å². The Balaban J connectivity index is 1.80. The molecule has 2 fully saturated rings. The van der Waals surface area contributed by atoms with E-state index in [0.29, 0.717) is 11.4 Å². The molecule has 1 aromatic carbocycles. The van der Waals surface area contributed by atoms with Crippen LogP contribution in [0.2, 0.25) is 0 Å². The number of nitrogens with one attached hydrogen (secondary N) is 1. The lowest BCUT2D eigenvalue weighted by Crippen LogP contribution is -2.58. The standard InChI is InChI=1S/C18H22N4O3S/c1-25-12-8-6-11(7-9-12)22-17(24)13(16(23)21-18(22)26)10-20-15-5-3-2-4-14(15)19/h6-10,13-15H,2-5,19H2,1H3,(H,21,23,26)/t13-,14-,15-/m1/s1. The lowest BCUT2D eigenvalue weighted by Gasteiger charge is -2.31. The first-order valence-electron chi connectivity index (χ1n) is 8.63. The van der Waals surface area contributed by atoms with Crippen LogP contribution in [0.25, 0.3) is 0 Å². The molecule has 1 saturated heterocycles. The number of rotatable bonds is 4. The number of amides is 2. The number of ether oxygens (including phenoxy) is 1. The zero-order valence-electron chi connectivity index (χ0n) is 14.6. The van der Waals surface area contributed by atoms with E-state index in [1.807, 2.05) is 0 Å². The summed E-state index contributed by atoms with van der Waals surface area (Å²) in [5, 5.41) is 2.64. The number of nitrogens with zero attached hydrogens (tertiary/aromatic N) is 2. The minimum absolute atomic E-state index is 0.0273. The number of thiocarbonyl (C=S) groups is 1. The van der Waals surface area contributed by atoms with Gasteiger partial charge in [0.2, 0.25) is 5.91 Å². The first kappa shape index (κ1) is 18.5. The topological polar surface area (TPSA) is 97.0 Å². The van der Waals surface area contributed by atoms with Crippen molar-refractivity contribution in [3.63, 3.8) is 0 Å². The predicted molar refractivity (Wildman–Crippen MR) is 103 cm³/mol. The molecule has 0 spiro atoms. The molecular formula is C18H22N4O3S. The highest BCUT2D eigenvalue weighted by molar-refractivity contribution is 7.80. The predicted octanol–water partition coefficient (Wildman–Crippen LogP) is 1.40. The molecule has 138 valence electrons. The summed E-state index contributed by atoms with van der Waals surface area (Å²) in [6.07, 6.45) is 5.36. The number of hydrogen-bond acceptors (Lipinski definition) is 6. The van der Waals surface area contributed by atoms with E-state index >= 15 is 0 Å². The average Bonchev–Trinajstić information content (AvgIpc) is 2.63. The number of methoxy groups -OCH3 is 1. The molecule has 8 heteroatoms. The number of carbonyl (C=O) groups is 2. The van der Waals surface area contributed by atoms with Crippen molar-refractivity contribution in [2.75, 3.05) is 12.0 Å². The number of nitrogens with two attached hydrogens (primary N) is 1. The normalized spacial score (nSPS) is 26.9. The van der Waals surface area contributed by atoms with Gasteiger partial charge in [-0.3, -0.25) is 19.5 Å². The third-order valence-electron chi connectivity index (χ3n) is 4.74. The number of hydrogen-bond donors (Lipinski definition) is 2. The molecule has 1 saturated carbocycles. The van der Waals surface area contributed by atoms with Gasteiger partial charge in [0.15, 0.2) is 11.0 Å². The molecular weight excluding hydrogens is 352 g/mol. The summed E-state index contributed by atoms with van der Waals surface area (Å²) in [4.78, 5) is 30.9. The molecule has 1 aliphatic heterocycles. The van der Waals surface area contributed by atoms with E-state index in [0.717, 1.165) is 25.7 Å². The first-order chi connectivity index (χ1) is 12.5. The van der Waals surface area contributed by atoms with Gasteiger partial charge in [0.1, 0.15) is 5.75 Å². The maximum absolute atomic E-state index is 12.9. The lowest BCUT2D eigenvalue weighted by atomic mass is 9.91. The van der Waals surface area contributed by atoms with Gasteiger partial charge in [-0.2, -0.15) is 0 Å². The summed E-state index contributed by atoms with van der Waals surface area (Å²) in [5.41, 5.74) is 6.65. The molecule has 0 unspecified atom stereocenters. The minimum Gasteiger partial charge on any atom is -0.497 e. The highest BCUT2D eigenvalue weighted by Gasteiger charge is 2.38. The van der Waals surface area contributed by atoms with Gasteiger partial charge in [-0.05, 0) is 49.3 Å². The smallest absolute Gasteiger partial charge is 0.251 e. The molecule has 26 heavy (non-hydrogen) atoms. The second kappa shape index (κ2) is 7.92. The van der Waals surface area contributed by atoms with E-state index < -0.39 is 17.7 Å². The van der Waals surface area contributed by atoms with Gasteiger partial charge in [-0.15, -0.1) is 0 Å². The van der Waals surface area contributed by atoms with Gasteiger partial charge in [0.05, 0.1) is 18.8 Å². The zero-order chi connectivity index (χ0) is 18.7. The van der Waals surface area contributed by atoms with E-state index in [1.165, 1.54) is 11.1 Å². The second-order valence-electron chi connectivity index (χ2n) is 6.46. The quantitative estimate of drug-likeness (QED) is 0.472. The van der Waals surface area contributed by atoms with Gasteiger partial charge < -0.3 is 15.8 Å². The van der Waals surface area contributed by atoms with Gasteiger partial charge >= 0.3 is 0 Å².